The van der Waals surface area contributed by atoms with Gasteiger partial charge < -0.3 is 10.6 Å². The fraction of sp³-hybridized carbons (Fsp3) is 0.400. The second-order valence-electron chi connectivity index (χ2n) is 3.48. The van der Waals surface area contributed by atoms with E-state index in [-0.39, 0.29) is 11.9 Å². The first-order valence-corrected chi connectivity index (χ1v) is 5.30. The van der Waals surface area contributed by atoms with Gasteiger partial charge in [-0.25, -0.2) is 4.98 Å². The number of amides is 1. The van der Waals surface area contributed by atoms with Crippen LogP contribution in [0.25, 0.3) is 0 Å². The third-order valence-electron chi connectivity index (χ3n) is 2.39. The van der Waals surface area contributed by atoms with Gasteiger partial charge in [0.05, 0.1) is 11.7 Å². The molecular weight excluding hydrogens is 214 g/mol. The lowest BCUT2D eigenvalue weighted by molar-refractivity contribution is -0.117. The van der Waals surface area contributed by atoms with Crippen LogP contribution in [-0.4, -0.2) is 23.5 Å². The maximum Gasteiger partial charge on any atom is 0.241 e. The van der Waals surface area contributed by atoms with E-state index in [2.05, 4.69) is 15.6 Å². The Balaban J connectivity index is 2.02. The van der Waals surface area contributed by atoms with Crippen LogP contribution in [0.15, 0.2) is 18.3 Å². The summed E-state index contributed by atoms with van der Waals surface area (Å²) in [5.74, 6) is -0.0394. The third kappa shape index (κ3) is 2.46. The predicted molar refractivity (Wildman–Crippen MR) is 58.9 cm³/mol. The molecule has 2 heterocycles. The highest BCUT2D eigenvalue weighted by Crippen LogP contribution is 2.18. The van der Waals surface area contributed by atoms with E-state index < -0.39 is 0 Å². The van der Waals surface area contributed by atoms with Crippen molar-refractivity contribution in [3.05, 3.63) is 23.5 Å². The molecule has 0 aromatic carbocycles. The summed E-state index contributed by atoms with van der Waals surface area (Å²) >= 11 is 5.83. The van der Waals surface area contributed by atoms with Crippen LogP contribution in [0.2, 0.25) is 5.15 Å². The van der Waals surface area contributed by atoms with E-state index >= 15 is 0 Å². The molecule has 1 amide bonds. The Morgan fingerprint density at radius 2 is 2.53 bits per heavy atom. The van der Waals surface area contributed by atoms with Gasteiger partial charge in [0, 0.05) is 6.20 Å². The van der Waals surface area contributed by atoms with Gasteiger partial charge in [0.1, 0.15) is 0 Å². The molecule has 2 rings (SSSR count). The molecule has 0 unspecified atom stereocenters. The lowest BCUT2D eigenvalue weighted by atomic mass is 10.2. The van der Waals surface area contributed by atoms with E-state index in [0.717, 1.165) is 19.4 Å². The first-order chi connectivity index (χ1) is 7.27. The van der Waals surface area contributed by atoms with E-state index in [1.807, 2.05) is 0 Å². The van der Waals surface area contributed by atoms with Crippen molar-refractivity contribution in [2.24, 2.45) is 0 Å². The molecule has 2 N–H and O–H groups in total. The zero-order chi connectivity index (χ0) is 10.7. The summed E-state index contributed by atoms with van der Waals surface area (Å²) in [5, 5.41) is 6.20. The molecule has 1 aromatic heterocycles. The quantitative estimate of drug-likeness (QED) is 0.749. The maximum atomic E-state index is 11.7. The number of halogens is 1. The Morgan fingerprint density at radius 3 is 3.20 bits per heavy atom. The summed E-state index contributed by atoms with van der Waals surface area (Å²) in [6.07, 6.45) is 3.51. The lowest BCUT2D eigenvalue weighted by Crippen LogP contribution is -2.35. The Kier molecular flexibility index (Phi) is 3.18. The van der Waals surface area contributed by atoms with Crippen molar-refractivity contribution in [1.82, 2.24) is 10.3 Å². The third-order valence-corrected chi connectivity index (χ3v) is 2.69. The molecule has 0 saturated carbocycles. The number of anilines is 1. The highest BCUT2D eigenvalue weighted by Gasteiger charge is 2.22. The summed E-state index contributed by atoms with van der Waals surface area (Å²) < 4.78 is 0. The van der Waals surface area contributed by atoms with E-state index in [0.29, 0.717) is 10.8 Å². The van der Waals surface area contributed by atoms with E-state index in [9.17, 15) is 4.79 Å². The fourth-order valence-electron chi connectivity index (χ4n) is 1.61. The van der Waals surface area contributed by atoms with E-state index in [1.165, 1.54) is 0 Å². The van der Waals surface area contributed by atoms with Crippen molar-refractivity contribution < 1.29 is 4.79 Å². The molecule has 1 fully saturated rings. The molecular formula is C10H12ClN3O. The first-order valence-electron chi connectivity index (χ1n) is 4.92. The molecule has 0 bridgehead atoms. The maximum absolute atomic E-state index is 11.7. The minimum Gasteiger partial charge on any atom is -0.322 e. The van der Waals surface area contributed by atoms with Crippen LogP contribution in [0, 0.1) is 0 Å². The molecule has 0 radical (unpaired) electrons. The van der Waals surface area contributed by atoms with Crippen LogP contribution < -0.4 is 10.6 Å². The number of aromatic nitrogens is 1. The van der Waals surface area contributed by atoms with Crippen molar-refractivity contribution in [2.45, 2.75) is 18.9 Å². The smallest absolute Gasteiger partial charge is 0.241 e. The van der Waals surface area contributed by atoms with Crippen molar-refractivity contribution in [3.63, 3.8) is 0 Å². The number of rotatable bonds is 2. The Bertz CT molecular complexity index is 363. The molecule has 1 atom stereocenters. The molecule has 4 nitrogen and oxygen atoms in total. The standard InChI is InChI=1S/C10H12ClN3O/c11-9-7(3-1-6-13-9)14-10(15)8-4-2-5-12-8/h1,3,6,8,12H,2,4-5H2,(H,14,15)/t8-/m0/s1. The van der Waals surface area contributed by atoms with Crippen LogP contribution in [0.3, 0.4) is 0 Å². The van der Waals surface area contributed by atoms with Gasteiger partial charge >= 0.3 is 0 Å². The van der Waals surface area contributed by atoms with Gasteiger partial charge in [-0.3, -0.25) is 4.79 Å². The van der Waals surface area contributed by atoms with Gasteiger partial charge in [0.2, 0.25) is 5.91 Å². The van der Waals surface area contributed by atoms with Crippen LogP contribution in [0.1, 0.15) is 12.8 Å². The monoisotopic (exact) mass is 225 g/mol. The molecule has 1 aliphatic rings. The highest BCUT2D eigenvalue weighted by atomic mass is 35.5. The van der Waals surface area contributed by atoms with Crippen molar-refractivity contribution >= 4 is 23.2 Å². The van der Waals surface area contributed by atoms with Crippen LogP contribution in [0.4, 0.5) is 5.69 Å². The second-order valence-corrected chi connectivity index (χ2v) is 3.84. The molecule has 1 aromatic rings. The predicted octanol–water partition coefficient (Wildman–Crippen LogP) is 1.43. The number of nitrogens with zero attached hydrogens (tertiary/aromatic N) is 1. The van der Waals surface area contributed by atoms with Gasteiger partial charge in [-0.2, -0.15) is 0 Å². The summed E-state index contributed by atoms with van der Waals surface area (Å²) in [5.41, 5.74) is 0.567. The minimum absolute atomic E-state index is 0.0394. The van der Waals surface area contributed by atoms with Gasteiger partial charge in [-0.05, 0) is 31.5 Å². The van der Waals surface area contributed by atoms with Crippen LogP contribution >= 0.6 is 11.6 Å². The molecule has 0 spiro atoms. The van der Waals surface area contributed by atoms with Crippen molar-refractivity contribution in [1.29, 1.82) is 0 Å². The topological polar surface area (TPSA) is 54.0 Å². The zero-order valence-corrected chi connectivity index (χ0v) is 8.92. The summed E-state index contributed by atoms with van der Waals surface area (Å²) in [4.78, 5) is 15.6. The molecule has 15 heavy (non-hydrogen) atoms. The first kappa shape index (κ1) is 10.4. The van der Waals surface area contributed by atoms with Gasteiger partial charge in [-0.15, -0.1) is 0 Å². The zero-order valence-electron chi connectivity index (χ0n) is 8.16. The molecule has 1 saturated heterocycles. The van der Waals surface area contributed by atoms with Crippen LogP contribution in [-0.2, 0) is 4.79 Å². The summed E-state index contributed by atoms with van der Waals surface area (Å²) in [6.45, 7) is 0.902. The Morgan fingerprint density at radius 1 is 1.67 bits per heavy atom. The molecule has 1 aliphatic heterocycles. The van der Waals surface area contributed by atoms with E-state index in [1.54, 1.807) is 18.3 Å². The van der Waals surface area contributed by atoms with Gasteiger partial charge in [0.15, 0.2) is 5.15 Å². The Hall–Kier alpha value is -1.13. The van der Waals surface area contributed by atoms with E-state index in [4.69, 9.17) is 11.6 Å². The largest absolute Gasteiger partial charge is 0.322 e. The average molecular weight is 226 g/mol. The SMILES string of the molecule is O=C(Nc1cccnc1Cl)[C@@H]1CCCN1. The summed E-state index contributed by atoms with van der Waals surface area (Å²) in [6, 6.07) is 3.38. The number of pyridine rings is 1. The second kappa shape index (κ2) is 4.59. The highest BCUT2D eigenvalue weighted by molar-refractivity contribution is 6.32. The molecule has 80 valence electrons. The van der Waals surface area contributed by atoms with Crippen molar-refractivity contribution in [2.75, 3.05) is 11.9 Å². The number of nitrogens with one attached hydrogen (secondary N) is 2. The lowest BCUT2D eigenvalue weighted by Gasteiger charge is -2.11. The minimum atomic E-state index is -0.0960. The fourth-order valence-corrected chi connectivity index (χ4v) is 1.77. The van der Waals surface area contributed by atoms with Crippen molar-refractivity contribution in [3.8, 4) is 0 Å². The molecule has 5 heteroatoms. The van der Waals surface area contributed by atoms with Crippen LogP contribution in [0.5, 0.6) is 0 Å². The average Bonchev–Trinajstić information content (AvgIpc) is 2.74. The van der Waals surface area contributed by atoms with Gasteiger partial charge in [-0.1, -0.05) is 11.6 Å². The number of carbonyl (C=O) groups is 1. The Labute approximate surface area is 93.0 Å². The summed E-state index contributed by atoms with van der Waals surface area (Å²) in [7, 11) is 0. The number of hydrogen-bond acceptors (Lipinski definition) is 3. The normalized spacial score (nSPS) is 20.2. The van der Waals surface area contributed by atoms with Gasteiger partial charge in [0.25, 0.3) is 0 Å². The number of carbonyl (C=O) groups excluding carboxylic acids is 1. The number of hydrogen-bond donors (Lipinski definition) is 2. The molecule has 0 aliphatic carbocycles.